The Hall–Kier alpha value is -1.16. The minimum atomic E-state index is -3.71. The van der Waals surface area contributed by atoms with Gasteiger partial charge in [-0.15, -0.1) is 0 Å². The summed E-state index contributed by atoms with van der Waals surface area (Å²) < 4.78 is 35.9. The molecule has 1 aromatic rings. The molecule has 0 bridgehead atoms. The zero-order chi connectivity index (χ0) is 16.6. The summed E-state index contributed by atoms with van der Waals surface area (Å²) in [6.07, 6.45) is -0.189. The molecule has 0 saturated carbocycles. The molecule has 11 heteroatoms. The molecule has 2 saturated heterocycles. The first-order chi connectivity index (χ1) is 10.9. The minimum absolute atomic E-state index is 0.0498. The normalized spacial score (nSPS) is 30.8. The van der Waals surface area contributed by atoms with Crippen LogP contribution in [0.15, 0.2) is 15.8 Å². The number of hydrogen-bond donors (Lipinski definition) is 2. The number of hydrogen-bond acceptors (Lipinski definition) is 7. The van der Waals surface area contributed by atoms with E-state index in [2.05, 4.69) is 0 Å². The average molecular weight is 352 g/mol. The summed E-state index contributed by atoms with van der Waals surface area (Å²) in [6.45, 7) is 2.23. The second-order valence-electron chi connectivity index (χ2n) is 5.35. The SMILES string of the molecule is CCCO[PH]1(O)OC[C@H]2O[C@@H](n3cc(F)c(=O)[nH]c3=O)C[C@@H]2O1. The summed E-state index contributed by atoms with van der Waals surface area (Å²) >= 11 is 0. The van der Waals surface area contributed by atoms with Gasteiger partial charge in [-0.1, -0.05) is 0 Å². The Labute approximate surface area is 130 Å². The number of nitrogens with one attached hydrogen (secondary N) is 1. The molecule has 2 N–H and O–H groups in total. The van der Waals surface area contributed by atoms with E-state index in [4.69, 9.17) is 18.3 Å². The van der Waals surface area contributed by atoms with Gasteiger partial charge in [0.05, 0.1) is 0 Å². The molecular formula is C12H18FN2O7P. The van der Waals surface area contributed by atoms with Crippen LogP contribution in [0.3, 0.4) is 0 Å². The van der Waals surface area contributed by atoms with Crippen molar-refractivity contribution in [1.82, 2.24) is 9.55 Å². The second-order valence-corrected chi connectivity index (χ2v) is 7.21. The van der Waals surface area contributed by atoms with Gasteiger partial charge >= 0.3 is 130 Å². The predicted octanol–water partition coefficient (Wildman–Crippen LogP) is 0.207. The summed E-state index contributed by atoms with van der Waals surface area (Å²) in [4.78, 5) is 34.9. The van der Waals surface area contributed by atoms with Crippen molar-refractivity contribution in [3.05, 3.63) is 32.9 Å². The van der Waals surface area contributed by atoms with Crippen LogP contribution in [0.4, 0.5) is 4.39 Å². The number of aromatic amines is 1. The molecule has 2 fully saturated rings. The maximum absolute atomic E-state index is 13.4. The van der Waals surface area contributed by atoms with Crippen LogP contribution in [0.5, 0.6) is 0 Å². The zero-order valence-electron chi connectivity index (χ0n) is 12.4. The number of aromatic nitrogens is 2. The first-order valence-corrected chi connectivity index (χ1v) is 8.93. The molecule has 0 aliphatic carbocycles. The molecule has 9 nitrogen and oxygen atoms in total. The molecule has 0 unspecified atom stereocenters. The molecule has 3 rings (SSSR count). The third-order valence-electron chi connectivity index (χ3n) is 3.63. The Bertz CT molecular complexity index is 695. The van der Waals surface area contributed by atoms with E-state index in [1.807, 2.05) is 11.9 Å². The summed E-state index contributed by atoms with van der Waals surface area (Å²) in [5.74, 6) is -1.09. The Morgan fingerprint density at radius 1 is 1.52 bits per heavy atom. The zero-order valence-corrected chi connectivity index (χ0v) is 13.4. The van der Waals surface area contributed by atoms with Crippen molar-refractivity contribution in [2.75, 3.05) is 13.2 Å². The first-order valence-electron chi connectivity index (χ1n) is 7.26. The standard InChI is InChI=1S/C12H18FN2O7P/c1-2-3-19-23(18)20-6-9-8(22-23)4-10(21-9)15-5-7(13)11(16)14-12(15)17/h5,8-10,18,23H,2-4,6H2,1H3,(H,14,16,17)/t8-,9+,10+/m0/s1. The number of H-pyrrole nitrogens is 1. The molecule has 23 heavy (non-hydrogen) atoms. The van der Waals surface area contributed by atoms with Crippen molar-refractivity contribution in [3.8, 4) is 0 Å². The summed E-state index contributed by atoms with van der Waals surface area (Å²) in [7, 11) is -3.71. The van der Waals surface area contributed by atoms with E-state index < -0.39 is 43.7 Å². The van der Waals surface area contributed by atoms with E-state index in [9.17, 15) is 18.9 Å². The second kappa shape index (κ2) is 6.39. The van der Waals surface area contributed by atoms with Crippen LogP contribution >= 0.6 is 8.17 Å². The van der Waals surface area contributed by atoms with E-state index in [0.717, 1.165) is 10.8 Å². The molecule has 0 radical (unpaired) electrons. The van der Waals surface area contributed by atoms with Gasteiger partial charge in [0.1, 0.15) is 0 Å². The summed E-state index contributed by atoms with van der Waals surface area (Å²) in [5, 5.41) is 0. The topological polar surface area (TPSA) is 112 Å². The number of ether oxygens (including phenoxy) is 1. The monoisotopic (exact) mass is 352 g/mol. The van der Waals surface area contributed by atoms with Crippen LogP contribution < -0.4 is 11.2 Å². The van der Waals surface area contributed by atoms with E-state index in [1.165, 1.54) is 0 Å². The third kappa shape index (κ3) is 3.37. The molecule has 0 amide bonds. The van der Waals surface area contributed by atoms with Crippen LogP contribution in [0.25, 0.3) is 0 Å². The van der Waals surface area contributed by atoms with Crippen molar-refractivity contribution in [2.45, 2.75) is 38.2 Å². The van der Waals surface area contributed by atoms with E-state index in [1.54, 1.807) is 0 Å². The molecule has 2 aliphatic rings. The molecule has 2 aliphatic heterocycles. The number of rotatable bonds is 4. The first kappa shape index (κ1) is 16.7. The van der Waals surface area contributed by atoms with E-state index in [0.29, 0.717) is 13.0 Å². The van der Waals surface area contributed by atoms with Crippen LogP contribution in [0.1, 0.15) is 26.0 Å². The summed E-state index contributed by atoms with van der Waals surface area (Å²) in [5.41, 5.74) is -1.87. The van der Waals surface area contributed by atoms with Gasteiger partial charge in [-0.05, 0) is 0 Å². The Morgan fingerprint density at radius 3 is 3.04 bits per heavy atom. The van der Waals surface area contributed by atoms with Gasteiger partial charge < -0.3 is 0 Å². The van der Waals surface area contributed by atoms with Gasteiger partial charge in [-0.2, -0.15) is 0 Å². The number of fused-ring (bicyclic) bond motifs is 1. The average Bonchev–Trinajstić information content (AvgIpc) is 2.91. The molecule has 130 valence electrons. The van der Waals surface area contributed by atoms with Gasteiger partial charge in [0.15, 0.2) is 0 Å². The maximum atomic E-state index is 13.4. The van der Waals surface area contributed by atoms with E-state index in [-0.39, 0.29) is 13.0 Å². The Kier molecular flexibility index (Phi) is 4.63. The van der Waals surface area contributed by atoms with Crippen LogP contribution in [-0.4, -0.2) is 39.9 Å². The van der Waals surface area contributed by atoms with Gasteiger partial charge in [0.2, 0.25) is 0 Å². The van der Waals surface area contributed by atoms with Crippen molar-refractivity contribution in [1.29, 1.82) is 0 Å². The molecule has 1 aromatic heterocycles. The van der Waals surface area contributed by atoms with Crippen molar-refractivity contribution >= 4 is 8.17 Å². The molecule has 3 heterocycles. The Balaban J connectivity index is 1.75. The Morgan fingerprint density at radius 2 is 2.30 bits per heavy atom. The fourth-order valence-electron chi connectivity index (χ4n) is 2.54. The summed E-state index contributed by atoms with van der Waals surface area (Å²) in [6, 6.07) is 0. The quantitative estimate of drug-likeness (QED) is 0.745. The fraction of sp³-hybridized carbons (Fsp3) is 0.667. The van der Waals surface area contributed by atoms with Crippen LogP contribution in [0.2, 0.25) is 0 Å². The van der Waals surface area contributed by atoms with Gasteiger partial charge in [-0.25, -0.2) is 0 Å². The predicted molar refractivity (Wildman–Crippen MR) is 77.4 cm³/mol. The third-order valence-corrected chi connectivity index (χ3v) is 5.33. The van der Waals surface area contributed by atoms with Gasteiger partial charge in [0.25, 0.3) is 0 Å². The van der Waals surface area contributed by atoms with Crippen molar-refractivity contribution in [3.63, 3.8) is 0 Å². The van der Waals surface area contributed by atoms with Crippen molar-refractivity contribution in [2.24, 2.45) is 0 Å². The van der Waals surface area contributed by atoms with Gasteiger partial charge in [0, 0.05) is 0 Å². The van der Waals surface area contributed by atoms with Gasteiger partial charge in [-0.3, -0.25) is 0 Å². The number of halogens is 1. The van der Waals surface area contributed by atoms with E-state index >= 15 is 0 Å². The molecule has 0 spiro atoms. The van der Waals surface area contributed by atoms with Crippen LogP contribution in [0, 0.1) is 5.82 Å². The van der Waals surface area contributed by atoms with Crippen molar-refractivity contribution < 1.29 is 27.6 Å². The molecular weight excluding hydrogens is 334 g/mol. The van der Waals surface area contributed by atoms with Crippen LogP contribution in [-0.2, 0) is 18.3 Å². The fourth-order valence-corrected chi connectivity index (χ4v) is 4.23. The molecule has 3 atom stereocenters. The number of nitrogens with zero attached hydrogens (tertiary/aromatic N) is 1. The molecule has 0 aromatic carbocycles.